The van der Waals surface area contributed by atoms with Crippen LogP contribution in [0.1, 0.15) is 16.7 Å². The Morgan fingerprint density at radius 3 is 2.33 bits per heavy atom. The van der Waals surface area contributed by atoms with E-state index in [1.165, 1.54) is 22.3 Å². The average molecular weight is 200 g/mol. The lowest BCUT2D eigenvalue weighted by atomic mass is 10.0. The summed E-state index contributed by atoms with van der Waals surface area (Å²) in [5, 5.41) is 0. The number of hydrogen-bond acceptors (Lipinski definition) is 1. The predicted molar refractivity (Wildman–Crippen MR) is 63.9 cm³/mol. The molecule has 1 aliphatic heterocycles. The zero-order chi connectivity index (χ0) is 10.8. The molecule has 0 N–H and O–H groups in total. The summed E-state index contributed by atoms with van der Waals surface area (Å²) in [6.45, 7) is 9.60. The Balaban J connectivity index is 2.34. The predicted octanol–water partition coefficient (Wildman–Crippen LogP) is 3.27. The molecule has 0 amide bonds. The zero-order valence-corrected chi connectivity index (χ0v) is 9.34. The molecule has 1 fully saturated rings. The van der Waals surface area contributed by atoms with Crippen molar-refractivity contribution in [3.05, 3.63) is 52.6 Å². The molecule has 2 rings (SSSR count). The van der Waals surface area contributed by atoms with Gasteiger partial charge in [-0.05, 0) is 36.6 Å². The largest absolute Gasteiger partial charge is 0.372 e. The lowest BCUT2D eigenvalue weighted by Crippen LogP contribution is -1.85. The SMILES string of the molecule is C=C1COC/C1=C/c1cc(C)cc(C)c1. The van der Waals surface area contributed by atoms with Gasteiger partial charge in [-0.25, -0.2) is 0 Å². The van der Waals surface area contributed by atoms with Crippen molar-refractivity contribution in [1.82, 2.24) is 0 Å². The number of ether oxygens (including phenoxy) is 1. The summed E-state index contributed by atoms with van der Waals surface area (Å²) in [4.78, 5) is 0. The van der Waals surface area contributed by atoms with E-state index in [0.717, 1.165) is 5.57 Å². The van der Waals surface area contributed by atoms with E-state index < -0.39 is 0 Å². The van der Waals surface area contributed by atoms with Gasteiger partial charge in [0.05, 0.1) is 13.2 Å². The van der Waals surface area contributed by atoms with Crippen LogP contribution in [0.4, 0.5) is 0 Å². The summed E-state index contributed by atoms with van der Waals surface area (Å²) in [7, 11) is 0. The molecule has 78 valence electrons. The fourth-order valence-electron chi connectivity index (χ4n) is 1.92. The minimum Gasteiger partial charge on any atom is -0.372 e. The van der Waals surface area contributed by atoms with E-state index >= 15 is 0 Å². The minimum absolute atomic E-state index is 0.677. The summed E-state index contributed by atoms with van der Waals surface area (Å²) in [5.41, 5.74) is 6.17. The summed E-state index contributed by atoms with van der Waals surface area (Å²) in [5.74, 6) is 0. The summed E-state index contributed by atoms with van der Waals surface area (Å²) < 4.78 is 5.33. The molecule has 0 atom stereocenters. The Morgan fingerprint density at radius 1 is 1.13 bits per heavy atom. The van der Waals surface area contributed by atoms with Crippen molar-refractivity contribution in [2.75, 3.05) is 13.2 Å². The maximum Gasteiger partial charge on any atom is 0.0724 e. The van der Waals surface area contributed by atoms with Crippen molar-refractivity contribution in [3.8, 4) is 0 Å². The molecule has 1 aromatic rings. The van der Waals surface area contributed by atoms with Crippen molar-refractivity contribution in [3.63, 3.8) is 0 Å². The monoisotopic (exact) mass is 200 g/mol. The Morgan fingerprint density at radius 2 is 1.80 bits per heavy atom. The molecule has 1 aliphatic rings. The number of hydrogen-bond donors (Lipinski definition) is 0. The zero-order valence-electron chi connectivity index (χ0n) is 9.34. The van der Waals surface area contributed by atoms with Gasteiger partial charge >= 0.3 is 0 Å². The minimum atomic E-state index is 0.677. The van der Waals surface area contributed by atoms with Gasteiger partial charge in [0.2, 0.25) is 0 Å². The third-order valence-electron chi connectivity index (χ3n) is 2.57. The van der Waals surface area contributed by atoms with E-state index in [0.29, 0.717) is 13.2 Å². The molecule has 0 aliphatic carbocycles. The van der Waals surface area contributed by atoms with Gasteiger partial charge in [0, 0.05) is 0 Å². The van der Waals surface area contributed by atoms with Crippen molar-refractivity contribution in [2.24, 2.45) is 0 Å². The van der Waals surface area contributed by atoms with Gasteiger partial charge in [0.1, 0.15) is 0 Å². The van der Waals surface area contributed by atoms with E-state index in [4.69, 9.17) is 4.74 Å². The van der Waals surface area contributed by atoms with E-state index in [2.05, 4.69) is 44.7 Å². The van der Waals surface area contributed by atoms with E-state index in [-0.39, 0.29) is 0 Å². The van der Waals surface area contributed by atoms with Crippen LogP contribution in [0.2, 0.25) is 0 Å². The Kier molecular flexibility index (Phi) is 2.74. The molecule has 1 heterocycles. The van der Waals surface area contributed by atoms with Gasteiger partial charge < -0.3 is 4.74 Å². The molecule has 1 heteroatoms. The molecule has 1 nitrogen and oxygen atoms in total. The second-order valence-electron chi connectivity index (χ2n) is 4.19. The van der Waals surface area contributed by atoms with Crippen LogP contribution in [0.15, 0.2) is 35.9 Å². The van der Waals surface area contributed by atoms with Crippen molar-refractivity contribution in [1.29, 1.82) is 0 Å². The quantitative estimate of drug-likeness (QED) is 0.676. The maximum absolute atomic E-state index is 5.33. The first-order chi connectivity index (χ1) is 7.15. The summed E-state index contributed by atoms with van der Waals surface area (Å²) in [6, 6.07) is 6.55. The first kappa shape index (κ1) is 10.2. The van der Waals surface area contributed by atoms with Crippen LogP contribution < -0.4 is 0 Å². The third-order valence-corrected chi connectivity index (χ3v) is 2.57. The topological polar surface area (TPSA) is 9.23 Å². The lowest BCUT2D eigenvalue weighted by molar-refractivity contribution is 0.215. The fourth-order valence-corrected chi connectivity index (χ4v) is 1.92. The van der Waals surface area contributed by atoms with Gasteiger partial charge in [-0.15, -0.1) is 0 Å². The van der Waals surface area contributed by atoms with Gasteiger partial charge in [0.15, 0.2) is 0 Å². The number of rotatable bonds is 1. The van der Waals surface area contributed by atoms with E-state index in [1.807, 2.05) is 0 Å². The van der Waals surface area contributed by atoms with Crippen LogP contribution in [0.5, 0.6) is 0 Å². The van der Waals surface area contributed by atoms with Crippen LogP contribution in [-0.2, 0) is 4.74 Å². The average Bonchev–Trinajstić information content (AvgIpc) is 2.50. The van der Waals surface area contributed by atoms with Crippen LogP contribution in [0.25, 0.3) is 6.08 Å². The second-order valence-corrected chi connectivity index (χ2v) is 4.19. The highest BCUT2D eigenvalue weighted by molar-refractivity contribution is 5.60. The van der Waals surface area contributed by atoms with Gasteiger partial charge in [0.25, 0.3) is 0 Å². The van der Waals surface area contributed by atoms with E-state index in [9.17, 15) is 0 Å². The third kappa shape index (κ3) is 2.37. The Labute approximate surface area is 91.1 Å². The Bertz CT molecular complexity index is 407. The second kappa shape index (κ2) is 4.03. The van der Waals surface area contributed by atoms with Crippen molar-refractivity contribution in [2.45, 2.75) is 13.8 Å². The molecule has 1 aromatic carbocycles. The molecule has 0 bridgehead atoms. The molecule has 15 heavy (non-hydrogen) atoms. The molecular weight excluding hydrogens is 184 g/mol. The number of aryl methyl sites for hydroxylation is 2. The molecule has 0 spiro atoms. The highest BCUT2D eigenvalue weighted by Crippen LogP contribution is 2.21. The van der Waals surface area contributed by atoms with Crippen molar-refractivity contribution >= 4 is 6.08 Å². The first-order valence-electron chi connectivity index (χ1n) is 5.20. The van der Waals surface area contributed by atoms with Crippen LogP contribution in [-0.4, -0.2) is 13.2 Å². The first-order valence-corrected chi connectivity index (χ1v) is 5.20. The normalized spacial score (nSPS) is 18.8. The molecule has 0 radical (unpaired) electrons. The molecule has 0 unspecified atom stereocenters. The molecule has 0 aromatic heterocycles. The van der Waals surface area contributed by atoms with E-state index in [1.54, 1.807) is 0 Å². The maximum atomic E-state index is 5.33. The number of benzene rings is 1. The fraction of sp³-hybridized carbons (Fsp3) is 0.286. The molecular formula is C14H16O. The summed E-state index contributed by atoms with van der Waals surface area (Å²) in [6.07, 6.45) is 2.18. The van der Waals surface area contributed by atoms with Gasteiger partial charge in [-0.2, -0.15) is 0 Å². The lowest BCUT2D eigenvalue weighted by Gasteiger charge is -2.02. The van der Waals surface area contributed by atoms with Crippen LogP contribution >= 0.6 is 0 Å². The van der Waals surface area contributed by atoms with Crippen LogP contribution in [0.3, 0.4) is 0 Å². The highest BCUT2D eigenvalue weighted by Gasteiger charge is 2.11. The van der Waals surface area contributed by atoms with Gasteiger partial charge in [-0.1, -0.05) is 35.9 Å². The van der Waals surface area contributed by atoms with Gasteiger partial charge in [-0.3, -0.25) is 0 Å². The summed E-state index contributed by atoms with van der Waals surface area (Å²) >= 11 is 0. The molecule has 1 saturated heterocycles. The highest BCUT2D eigenvalue weighted by atomic mass is 16.5. The smallest absolute Gasteiger partial charge is 0.0724 e. The standard InChI is InChI=1S/C14H16O/c1-10-4-11(2)6-13(5-10)7-14-9-15-8-12(14)3/h4-7H,3,8-9H2,1-2H3/b14-7-. The Hall–Kier alpha value is -1.34. The molecule has 0 saturated carbocycles. The van der Waals surface area contributed by atoms with Crippen LogP contribution in [0, 0.1) is 13.8 Å². The van der Waals surface area contributed by atoms with Crippen molar-refractivity contribution < 1.29 is 4.74 Å².